The number of amides is 2. The van der Waals surface area contributed by atoms with Gasteiger partial charge in [-0.1, -0.05) is 42.0 Å². The van der Waals surface area contributed by atoms with Gasteiger partial charge in [0.2, 0.25) is 12.0 Å². The maximum atomic E-state index is 12.5. The van der Waals surface area contributed by atoms with Crippen LogP contribution in [0.25, 0.3) is 0 Å². The average Bonchev–Trinajstić information content (AvgIpc) is 2.72. The van der Waals surface area contributed by atoms with Gasteiger partial charge in [-0.15, -0.1) is 0 Å². The summed E-state index contributed by atoms with van der Waals surface area (Å²) < 4.78 is 11.0. The van der Waals surface area contributed by atoms with Crippen LogP contribution in [0.15, 0.2) is 48.5 Å². The number of carbonyl (C=O) groups is 3. The van der Waals surface area contributed by atoms with E-state index in [1.165, 1.54) is 18.7 Å². The van der Waals surface area contributed by atoms with Gasteiger partial charge < -0.3 is 19.7 Å². The van der Waals surface area contributed by atoms with E-state index in [0.29, 0.717) is 18.0 Å². The molecule has 0 spiro atoms. The first-order valence-corrected chi connectivity index (χ1v) is 9.42. The highest BCUT2D eigenvalue weighted by Gasteiger charge is 2.35. The minimum atomic E-state index is -0.999. The van der Waals surface area contributed by atoms with Crippen LogP contribution in [-0.4, -0.2) is 36.5 Å². The third kappa shape index (κ3) is 4.93. The summed E-state index contributed by atoms with van der Waals surface area (Å²) >= 11 is 0. The van der Waals surface area contributed by atoms with Gasteiger partial charge in [-0.25, -0.2) is 4.79 Å². The maximum Gasteiger partial charge on any atom is 0.350 e. The first kappa shape index (κ1) is 20.4. The lowest BCUT2D eigenvalue weighted by atomic mass is 10.1. The summed E-state index contributed by atoms with van der Waals surface area (Å²) in [5.41, 5.74) is 2.69. The van der Waals surface area contributed by atoms with Gasteiger partial charge in [0.05, 0.1) is 12.2 Å². The summed E-state index contributed by atoms with van der Waals surface area (Å²) in [5, 5.41) is 2.75. The maximum absolute atomic E-state index is 12.5. The number of hydrogen-bond donors (Lipinski definition) is 1. The molecular weight excluding hydrogens is 372 g/mol. The quantitative estimate of drug-likeness (QED) is 0.785. The number of nitrogens with zero attached hydrogens (tertiary/aromatic N) is 1. The smallest absolute Gasteiger partial charge is 0.350 e. The van der Waals surface area contributed by atoms with E-state index in [9.17, 15) is 14.4 Å². The Labute approximate surface area is 169 Å². The first-order chi connectivity index (χ1) is 13.8. The van der Waals surface area contributed by atoms with Crippen LogP contribution in [0, 0.1) is 6.92 Å². The number of benzene rings is 2. The zero-order valence-corrected chi connectivity index (χ0v) is 16.7. The molecule has 0 fully saturated rings. The normalized spacial score (nSPS) is 16.2. The van der Waals surface area contributed by atoms with Crippen molar-refractivity contribution in [3.63, 3.8) is 0 Å². The van der Waals surface area contributed by atoms with Gasteiger partial charge in [0.1, 0.15) is 5.75 Å². The Bertz CT molecular complexity index is 910. The lowest BCUT2D eigenvalue weighted by Gasteiger charge is -2.33. The molecule has 0 radical (unpaired) electrons. The van der Waals surface area contributed by atoms with Crippen molar-refractivity contribution in [3.05, 3.63) is 59.7 Å². The van der Waals surface area contributed by atoms with Crippen LogP contribution < -0.4 is 15.0 Å². The van der Waals surface area contributed by atoms with Gasteiger partial charge >= 0.3 is 5.97 Å². The second-order valence-electron chi connectivity index (χ2n) is 6.99. The van der Waals surface area contributed by atoms with Gasteiger partial charge in [0, 0.05) is 13.5 Å². The summed E-state index contributed by atoms with van der Waals surface area (Å²) in [6.45, 7) is 5.28. The van der Waals surface area contributed by atoms with Gasteiger partial charge in [-0.2, -0.15) is 0 Å². The predicted octanol–water partition coefficient (Wildman–Crippen LogP) is 2.36. The molecule has 1 N–H and O–H groups in total. The SMILES string of the molecule is CC(=O)N1C[C@H](C(=O)O[C@@H](C)C(=O)NCc2ccc(C)cc2)Oc2ccccc21. The Kier molecular flexibility index (Phi) is 6.16. The largest absolute Gasteiger partial charge is 0.475 e. The summed E-state index contributed by atoms with van der Waals surface area (Å²) in [6, 6.07) is 14.8. The molecule has 2 aromatic carbocycles. The van der Waals surface area contributed by atoms with E-state index in [1.54, 1.807) is 24.3 Å². The second kappa shape index (κ2) is 8.77. The molecule has 0 aromatic heterocycles. The fourth-order valence-corrected chi connectivity index (χ4v) is 3.00. The van der Waals surface area contributed by atoms with E-state index in [1.807, 2.05) is 31.2 Å². The molecule has 7 heteroatoms. The first-order valence-electron chi connectivity index (χ1n) is 9.42. The van der Waals surface area contributed by atoms with Crippen LogP contribution in [0.1, 0.15) is 25.0 Å². The number of carbonyl (C=O) groups excluding carboxylic acids is 3. The monoisotopic (exact) mass is 396 g/mol. The van der Waals surface area contributed by atoms with Crippen molar-refractivity contribution in [2.45, 2.75) is 39.5 Å². The van der Waals surface area contributed by atoms with Crippen LogP contribution in [0.3, 0.4) is 0 Å². The molecule has 152 valence electrons. The molecule has 3 rings (SSSR count). The molecule has 0 unspecified atom stereocenters. The van der Waals surface area contributed by atoms with Gasteiger partial charge in [-0.3, -0.25) is 9.59 Å². The molecule has 29 heavy (non-hydrogen) atoms. The number of nitrogens with one attached hydrogen (secondary N) is 1. The molecule has 7 nitrogen and oxygen atoms in total. The molecule has 1 aliphatic rings. The highest BCUT2D eigenvalue weighted by molar-refractivity contribution is 5.95. The van der Waals surface area contributed by atoms with Crippen molar-refractivity contribution >= 4 is 23.5 Å². The minimum Gasteiger partial charge on any atom is -0.475 e. The van der Waals surface area contributed by atoms with Crippen molar-refractivity contribution in [3.8, 4) is 5.75 Å². The van der Waals surface area contributed by atoms with Crippen LogP contribution >= 0.6 is 0 Å². The lowest BCUT2D eigenvalue weighted by molar-refractivity contribution is -0.161. The third-order valence-corrected chi connectivity index (χ3v) is 4.67. The van der Waals surface area contributed by atoms with E-state index in [2.05, 4.69) is 5.32 Å². The Balaban J connectivity index is 1.58. The summed E-state index contributed by atoms with van der Waals surface area (Å²) in [4.78, 5) is 38.2. The molecule has 0 saturated heterocycles. The molecule has 0 bridgehead atoms. The topological polar surface area (TPSA) is 84.9 Å². The van der Waals surface area contributed by atoms with E-state index in [4.69, 9.17) is 9.47 Å². The van der Waals surface area contributed by atoms with Crippen molar-refractivity contribution in [1.82, 2.24) is 5.32 Å². The van der Waals surface area contributed by atoms with Crippen LogP contribution in [0.2, 0.25) is 0 Å². The number of para-hydroxylation sites is 2. The van der Waals surface area contributed by atoms with Crippen LogP contribution in [0.4, 0.5) is 5.69 Å². The van der Waals surface area contributed by atoms with Crippen molar-refractivity contribution in [2.75, 3.05) is 11.4 Å². The Morgan fingerprint density at radius 1 is 1.17 bits per heavy atom. The van der Waals surface area contributed by atoms with Crippen molar-refractivity contribution in [1.29, 1.82) is 0 Å². The number of fused-ring (bicyclic) bond motifs is 1. The van der Waals surface area contributed by atoms with Gasteiger partial charge in [0.15, 0.2) is 6.10 Å². The fourth-order valence-electron chi connectivity index (χ4n) is 3.00. The summed E-state index contributed by atoms with van der Waals surface area (Å²) in [5.74, 6) is -0.878. The number of esters is 1. The van der Waals surface area contributed by atoms with Gasteiger partial charge in [0.25, 0.3) is 5.91 Å². The number of ether oxygens (including phenoxy) is 2. The third-order valence-electron chi connectivity index (χ3n) is 4.67. The lowest BCUT2D eigenvalue weighted by Crippen LogP contribution is -2.48. The zero-order valence-electron chi connectivity index (χ0n) is 16.7. The van der Waals surface area contributed by atoms with Crippen molar-refractivity contribution < 1.29 is 23.9 Å². The minimum absolute atomic E-state index is 0.0306. The predicted molar refractivity (Wildman–Crippen MR) is 107 cm³/mol. The Morgan fingerprint density at radius 2 is 1.86 bits per heavy atom. The van der Waals surface area contributed by atoms with Crippen LogP contribution in [0.5, 0.6) is 5.75 Å². The van der Waals surface area contributed by atoms with E-state index in [0.717, 1.165) is 11.1 Å². The molecule has 1 aliphatic heterocycles. The highest BCUT2D eigenvalue weighted by atomic mass is 16.6. The molecule has 1 heterocycles. The Hall–Kier alpha value is -3.35. The molecule has 2 aromatic rings. The standard InChI is InChI=1S/C22H24N2O5/c1-14-8-10-17(11-9-14)12-23-21(26)15(2)28-22(27)20-13-24(16(3)25)18-6-4-5-7-19(18)29-20/h4-11,15,20H,12-13H2,1-3H3,(H,23,26)/t15-,20+/m0/s1. The fraction of sp³-hybridized carbons (Fsp3) is 0.318. The molecule has 0 aliphatic carbocycles. The second-order valence-corrected chi connectivity index (χ2v) is 6.99. The van der Waals surface area contributed by atoms with E-state index in [-0.39, 0.29) is 12.5 Å². The van der Waals surface area contributed by atoms with Crippen LogP contribution in [-0.2, 0) is 25.7 Å². The molecular formula is C22H24N2O5. The summed E-state index contributed by atoms with van der Waals surface area (Å²) in [6.07, 6.45) is -1.99. The molecule has 2 amide bonds. The number of anilines is 1. The molecule has 0 saturated carbocycles. The van der Waals surface area contributed by atoms with Crippen molar-refractivity contribution in [2.24, 2.45) is 0 Å². The number of aryl methyl sites for hydroxylation is 1. The summed E-state index contributed by atoms with van der Waals surface area (Å²) in [7, 11) is 0. The van der Waals surface area contributed by atoms with E-state index >= 15 is 0 Å². The average molecular weight is 396 g/mol. The Morgan fingerprint density at radius 3 is 2.55 bits per heavy atom. The number of rotatable bonds is 5. The number of hydrogen-bond acceptors (Lipinski definition) is 5. The van der Waals surface area contributed by atoms with E-state index < -0.39 is 24.1 Å². The highest BCUT2D eigenvalue weighted by Crippen LogP contribution is 2.33. The van der Waals surface area contributed by atoms with Gasteiger partial charge in [-0.05, 0) is 31.5 Å². The zero-order chi connectivity index (χ0) is 21.0. The molecule has 2 atom stereocenters.